The Hall–Kier alpha value is -1.16. The smallest absolute Gasteiger partial charge is 0.258 e. The third-order valence-electron chi connectivity index (χ3n) is 1.88. The lowest BCUT2D eigenvalue weighted by atomic mass is 10.2. The lowest BCUT2D eigenvalue weighted by Gasteiger charge is -2.15. The van der Waals surface area contributed by atoms with Crippen LogP contribution in [0.1, 0.15) is 5.56 Å². The van der Waals surface area contributed by atoms with E-state index in [0.717, 1.165) is 6.04 Å². The summed E-state index contributed by atoms with van der Waals surface area (Å²) >= 11 is 0. The third kappa shape index (κ3) is 3.30. The number of nitro groups is 1. The molecule has 0 N–H and O–H groups in total. The minimum Gasteiger partial charge on any atom is -0.258 e. The molecule has 3 nitrogen and oxygen atoms in total. The van der Waals surface area contributed by atoms with Crippen molar-refractivity contribution in [1.82, 2.24) is 0 Å². The molecule has 0 amide bonds. The van der Waals surface area contributed by atoms with Gasteiger partial charge in [0.05, 0.1) is 4.92 Å². The van der Waals surface area contributed by atoms with Crippen molar-refractivity contribution in [3.63, 3.8) is 0 Å². The van der Waals surface area contributed by atoms with Crippen LogP contribution in [0.15, 0.2) is 24.3 Å². The van der Waals surface area contributed by atoms with Crippen molar-refractivity contribution in [2.75, 3.05) is 0 Å². The second-order valence-electron chi connectivity index (χ2n) is 4.66. The first-order valence-electron chi connectivity index (χ1n) is 4.62. The number of hydrogen-bond donors (Lipinski definition) is 0. The van der Waals surface area contributed by atoms with Crippen molar-refractivity contribution >= 4 is 13.8 Å². The minimum absolute atomic E-state index is 0.171. The van der Waals surface area contributed by atoms with Crippen molar-refractivity contribution in [3.8, 4) is 0 Å². The Labute approximate surface area is 84.9 Å². The van der Waals surface area contributed by atoms with Crippen molar-refractivity contribution in [1.29, 1.82) is 0 Å². The second kappa shape index (κ2) is 3.92. The quantitative estimate of drug-likeness (QED) is 0.436. The highest BCUT2D eigenvalue weighted by molar-refractivity contribution is 6.75. The topological polar surface area (TPSA) is 43.1 Å². The van der Waals surface area contributed by atoms with Gasteiger partial charge in [-0.3, -0.25) is 10.1 Å². The summed E-state index contributed by atoms with van der Waals surface area (Å²) in [7, 11) is -1.11. The maximum Gasteiger partial charge on any atom is 0.269 e. The first-order valence-corrected chi connectivity index (χ1v) is 8.32. The summed E-state index contributed by atoms with van der Waals surface area (Å²) in [4.78, 5) is 10.0. The number of rotatable bonds is 3. The third-order valence-corrected chi connectivity index (χ3v) is 3.35. The molecule has 0 aliphatic heterocycles. The standard InChI is InChI=1S/C10H15NO2Si/c1-14(2,3)8-9-4-6-10(7-5-9)11(12)13/h4-7H,8H2,1-3H3. The Morgan fingerprint density at radius 1 is 1.21 bits per heavy atom. The molecule has 0 aromatic heterocycles. The van der Waals surface area contributed by atoms with Crippen LogP contribution in [0, 0.1) is 10.1 Å². The number of benzene rings is 1. The van der Waals surface area contributed by atoms with Crippen LogP contribution in [0.5, 0.6) is 0 Å². The summed E-state index contributed by atoms with van der Waals surface area (Å²) in [6, 6.07) is 7.95. The van der Waals surface area contributed by atoms with E-state index in [-0.39, 0.29) is 10.6 Å². The van der Waals surface area contributed by atoms with Crippen LogP contribution >= 0.6 is 0 Å². The monoisotopic (exact) mass is 209 g/mol. The van der Waals surface area contributed by atoms with Gasteiger partial charge < -0.3 is 0 Å². The first-order chi connectivity index (χ1) is 6.38. The van der Waals surface area contributed by atoms with Gasteiger partial charge in [0.2, 0.25) is 0 Å². The van der Waals surface area contributed by atoms with Gasteiger partial charge in [0, 0.05) is 20.2 Å². The van der Waals surface area contributed by atoms with Gasteiger partial charge in [-0.1, -0.05) is 37.3 Å². The highest BCUT2D eigenvalue weighted by Crippen LogP contribution is 2.16. The summed E-state index contributed by atoms with van der Waals surface area (Å²) in [5, 5.41) is 10.4. The second-order valence-corrected chi connectivity index (χ2v) is 10.1. The van der Waals surface area contributed by atoms with Gasteiger partial charge in [0.25, 0.3) is 5.69 Å². The highest BCUT2D eigenvalue weighted by Gasteiger charge is 2.14. The molecular weight excluding hydrogens is 194 g/mol. The van der Waals surface area contributed by atoms with E-state index in [4.69, 9.17) is 0 Å². The minimum atomic E-state index is -1.11. The zero-order valence-corrected chi connectivity index (χ0v) is 9.78. The molecule has 1 rings (SSSR count). The van der Waals surface area contributed by atoms with Gasteiger partial charge in [0.1, 0.15) is 0 Å². The van der Waals surface area contributed by atoms with Crippen molar-refractivity contribution in [3.05, 3.63) is 39.9 Å². The molecule has 4 heteroatoms. The lowest BCUT2D eigenvalue weighted by Crippen LogP contribution is -2.23. The van der Waals surface area contributed by atoms with Crippen LogP contribution in [-0.2, 0) is 6.04 Å². The van der Waals surface area contributed by atoms with E-state index in [2.05, 4.69) is 19.6 Å². The highest BCUT2D eigenvalue weighted by atomic mass is 28.3. The van der Waals surface area contributed by atoms with Gasteiger partial charge in [0.15, 0.2) is 0 Å². The molecule has 14 heavy (non-hydrogen) atoms. The number of hydrogen-bond acceptors (Lipinski definition) is 2. The van der Waals surface area contributed by atoms with E-state index in [9.17, 15) is 10.1 Å². The lowest BCUT2D eigenvalue weighted by molar-refractivity contribution is -0.384. The molecule has 0 atom stereocenters. The Morgan fingerprint density at radius 3 is 2.07 bits per heavy atom. The summed E-state index contributed by atoms with van der Waals surface area (Å²) in [5.41, 5.74) is 1.37. The molecule has 1 aromatic rings. The van der Waals surface area contributed by atoms with Crippen LogP contribution in [-0.4, -0.2) is 13.0 Å². The first kappa shape index (κ1) is 10.9. The van der Waals surface area contributed by atoms with Crippen molar-refractivity contribution < 1.29 is 4.92 Å². The fraction of sp³-hybridized carbons (Fsp3) is 0.400. The van der Waals surface area contributed by atoms with Gasteiger partial charge in [-0.05, 0) is 6.04 Å². The Bertz CT molecular complexity index is 327. The molecule has 0 bridgehead atoms. The average molecular weight is 209 g/mol. The normalized spacial score (nSPS) is 11.4. The molecular formula is C10H15NO2Si. The number of nitro benzene ring substituents is 1. The Kier molecular flexibility index (Phi) is 3.05. The predicted octanol–water partition coefficient (Wildman–Crippen LogP) is 3.01. The van der Waals surface area contributed by atoms with Crippen LogP contribution < -0.4 is 0 Å². The van der Waals surface area contributed by atoms with Gasteiger partial charge >= 0.3 is 0 Å². The van der Waals surface area contributed by atoms with E-state index >= 15 is 0 Å². The molecule has 0 spiro atoms. The Morgan fingerprint density at radius 2 is 1.71 bits per heavy atom. The van der Waals surface area contributed by atoms with Crippen LogP contribution in [0.4, 0.5) is 5.69 Å². The SMILES string of the molecule is C[Si](C)(C)Cc1ccc([N+](=O)[O-])cc1. The summed E-state index contributed by atoms with van der Waals surface area (Å²) < 4.78 is 0. The van der Waals surface area contributed by atoms with Crippen molar-refractivity contribution in [2.45, 2.75) is 25.7 Å². The van der Waals surface area contributed by atoms with E-state index in [0.29, 0.717) is 0 Å². The summed E-state index contributed by atoms with van der Waals surface area (Å²) in [6.45, 7) is 6.86. The van der Waals surface area contributed by atoms with Crippen molar-refractivity contribution in [2.24, 2.45) is 0 Å². The largest absolute Gasteiger partial charge is 0.269 e. The molecule has 0 saturated heterocycles. The molecule has 0 fully saturated rings. The van der Waals surface area contributed by atoms with Crippen LogP contribution in [0.3, 0.4) is 0 Å². The maximum atomic E-state index is 10.4. The predicted molar refractivity (Wildman–Crippen MR) is 60.1 cm³/mol. The molecule has 0 aliphatic rings. The van der Waals surface area contributed by atoms with Crippen LogP contribution in [0.2, 0.25) is 19.6 Å². The molecule has 0 radical (unpaired) electrons. The van der Waals surface area contributed by atoms with E-state index in [1.807, 2.05) is 12.1 Å². The molecule has 0 heterocycles. The molecule has 0 aliphatic carbocycles. The Balaban J connectivity index is 2.79. The van der Waals surface area contributed by atoms with E-state index in [1.165, 1.54) is 5.56 Å². The van der Waals surface area contributed by atoms with E-state index in [1.54, 1.807) is 12.1 Å². The molecule has 0 unspecified atom stereocenters. The summed E-state index contributed by atoms with van der Waals surface area (Å²) in [6.07, 6.45) is 0. The molecule has 0 saturated carbocycles. The fourth-order valence-electron chi connectivity index (χ4n) is 1.35. The molecule has 1 aromatic carbocycles. The fourth-order valence-corrected chi connectivity index (χ4v) is 2.81. The number of nitrogens with zero attached hydrogens (tertiary/aromatic N) is 1. The van der Waals surface area contributed by atoms with E-state index < -0.39 is 8.07 Å². The summed E-state index contributed by atoms with van der Waals surface area (Å²) in [5.74, 6) is 0. The molecule has 76 valence electrons. The van der Waals surface area contributed by atoms with Gasteiger partial charge in [-0.2, -0.15) is 0 Å². The van der Waals surface area contributed by atoms with Crippen LogP contribution in [0.25, 0.3) is 0 Å². The van der Waals surface area contributed by atoms with Gasteiger partial charge in [-0.25, -0.2) is 0 Å². The zero-order chi connectivity index (χ0) is 10.8. The maximum absolute atomic E-state index is 10.4. The zero-order valence-electron chi connectivity index (χ0n) is 8.78. The average Bonchev–Trinajstić information content (AvgIpc) is 2.02. The van der Waals surface area contributed by atoms with Gasteiger partial charge in [-0.15, -0.1) is 0 Å². The number of non-ortho nitro benzene ring substituents is 1.